The molecule has 4 heterocycles. The summed E-state index contributed by atoms with van der Waals surface area (Å²) >= 11 is 1.59. The molecule has 27 heavy (non-hydrogen) atoms. The van der Waals surface area contributed by atoms with E-state index in [2.05, 4.69) is 15.4 Å². The Morgan fingerprint density at radius 3 is 3.00 bits per heavy atom. The van der Waals surface area contributed by atoms with Gasteiger partial charge in [0.2, 0.25) is 0 Å². The molecule has 1 aliphatic rings. The fourth-order valence-electron chi connectivity index (χ4n) is 2.96. The number of thiophene rings is 1. The highest BCUT2D eigenvalue weighted by Crippen LogP contribution is 2.28. The van der Waals surface area contributed by atoms with Gasteiger partial charge in [-0.15, -0.1) is 11.3 Å². The summed E-state index contributed by atoms with van der Waals surface area (Å²) in [5.74, 6) is 0.376. The number of urea groups is 1. The van der Waals surface area contributed by atoms with E-state index in [1.54, 1.807) is 29.4 Å². The minimum absolute atomic E-state index is 0.237. The lowest BCUT2D eigenvalue weighted by molar-refractivity contribution is 0.182. The first-order valence-electron chi connectivity index (χ1n) is 8.54. The Kier molecular flexibility index (Phi) is 4.78. The zero-order valence-corrected chi connectivity index (χ0v) is 15.7. The summed E-state index contributed by atoms with van der Waals surface area (Å²) in [5.41, 5.74) is 9.18. The van der Waals surface area contributed by atoms with E-state index >= 15 is 0 Å². The average Bonchev–Trinajstić information content (AvgIpc) is 3.37. The third-order valence-corrected chi connectivity index (χ3v) is 5.26. The number of amides is 2. The number of nitrogens with one attached hydrogen (secondary N) is 1. The second kappa shape index (κ2) is 7.37. The van der Waals surface area contributed by atoms with Crippen LogP contribution in [0.1, 0.15) is 11.3 Å². The molecule has 0 saturated carbocycles. The van der Waals surface area contributed by atoms with Crippen LogP contribution in [0.15, 0.2) is 35.8 Å². The molecule has 140 valence electrons. The Hall–Kier alpha value is -2.91. The number of anilines is 2. The van der Waals surface area contributed by atoms with Crippen molar-refractivity contribution in [3.8, 4) is 10.6 Å². The SMILES string of the molecule is COCCn1cc2c(n1)CN(C(=O)Nc1nc(-c3cccs3)ccc1N)C2. The molecule has 0 fully saturated rings. The second-order valence-corrected chi connectivity index (χ2v) is 7.20. The van der Waals surface area contributed by atoms with Gasteiger partial charge in [-0.1, -0.05) is 6.07 Å². The van der Waals surface area contributed by atoms with Gasteiger partial charge in [-0.05, 0) is 23.6 Å². The number of methoxy groups -OCH3 is 1. The number of nitrogens with zero attached hydrogens (tertiary/aromatic N) is 4. The number of rotatable bonds is 5. The Bertz CT molecular complexity index is 929. The zero-order valence-electron chi connectivity index (χ0n) is 14.9. The maximum Gasteiger partial charge on any atom is 0.323 e. The van der Waals surface area contributed by atoms with Gasteiger partial charge in [-0.2, -0.15) is 5.10 Å². The van der Waals surface area contributed by atoms with Crippen LogP contribution in [0.4, 0.5) is 16.3 Å². The van der Waals surface area contributed by atoms with E-state index in [4.69, 9.17) is 10.5 Å². The van der Waals surface area contributed by atoms with Gasteiger partial charge < -0.3 is 15.4 Å². The van der Waals surface area contributed by atoms with Gasteiger partial charge >= 0.3 is 6.03 Å². The predicted molar refractivity (Wildman–Crippen MR) is 104 cm³/mol. The normalized spacial score (nSPS) is 13.0. The molecule has 0 aliphatic carbocycles. The topological polar surface area (TPSA) is 98.3 Å². The summed E-state index contributed by atoms with van der Waals surface area (Å²) < 4.78 is 6.92. The van der Waals surface area contributed by atoms with Crippen molar-refractivity contribution in [1.29, 1.82) is 0 Å². The van der Waals surface area contributed by atoms with Crippen LogP contribution in [0.25, 0.3) is 10.6 Å². The van der Waals surface area contributed by atoms with E-state index in [0.717, 1.165) is 21.8 Å². The molecule has 2 amide bonds. The lowest BCUT2D eigenvalue weighted by Gasteiger charge is -2.17. The van der Waals surface area contributed by atoms with Gasteiger partial charge in [0.25, 0.3) is 0 Å². The summed E-state index contributed by atoms with van der Waals surface area (Å²) in [6.07, 6.45) is 1.96. The average molecular weight is 384 g/mol. The van der Waals surface area contributed by atoms with Gasteiger partial charge in [0.15, 0.2) is 5.82 Å². The summed E-state index contributed by atoms with van der Waals surface area (Å²) in [5, 5.41) is 9.32. The molecule has 4 rings (SSSR count). The predicted octanol–water partition coefficient (Wildman–Crippen LogP) is 2.78. The number of nitrogen functional groups attached to an aromatic ring is 1. The number of carbonyl (C=O) groups excluding carboxylic acids is 1. The summed E-state index contributed by atoms with van der Waals surface area (Å²) in [7, 11) is 1.66. The number of pyridine rings is 1. The molecule has 0 radical (unpaired) electrons. The zero-order chi connectivity index (χ0) is 18.8. The highest BCUT2D eigenvalue weighted by molar-refractivity contribution is 7.13. The van der Waals surface area contributed by atoms with Crippen LogP contribution in [-0.4, -0.2) is 39.4 Å². The largest absolute Gasteiger partial charge is 0.396 e. The third kappa shape index (κ3) is 3.64. The molecule has 3 aromatic heterocycles. The molecule has 0 unspecified atom stereocenters. The van der Waals surface area contributed by atoms with Crippen LogP contribution in [0.3, 0.4) is 0 Å². The minimum Gasteiger partial charge on any atom is -0.396 e. The monoisotopic (exact) mass is 384 g/mol. The van der Waals surface area contributed by atoms with Gasteiger partial charge in [0.05, 0.1) is 48.2 Å². The molecular formula is C18H20N6O2S. The van der Waals surface area contributed by atoms with Gasteiger partial charge in [-0.3, -0.25) is 10.00 Å². The van der Waals surface area contributed by atoms with Crippen LogP contribution in [0, 0.1) is 0 Å². The maximum atomic E-state index is 12.7. The standard InChI is InChI=1S/C18H20N6O2S/c1-26-7-6-24-10-12-9-23(11-15(12)22-24)18(25)21-17-13(19)4-5-14(20-17)16-3-2-8-27-16/h2-5,8,10H,6-7,9,11,19H2,1H3,(H,20,21,25). The van der Waals surface area contributed by atoms with Crippen LogP contribution < -0.4 is 11.1 Å². The molecule has 0 saturated heterocycles. The van der Waals surface area contributed by atoms with E-state index in [9.17, 15) is 4.79 Å². The number of hydrogen-bond acceptors (Lipinski definition) is 6. The summed E-state index contributed by atoms with van der Waals surface area (Å²) in [4.78, 5) is 19.9. The Balaban J connectivity index is 1.44. The number of hydrogen-bond donors (Lipinski definition) is 2. The van der Waals surface area contributed by atoms with Crippen molar-refractivity contribution < 1.29 is 9.53 Å². The van der Waals surface area contributed by atoms with Gasteiger partial charge in [-0.25, -0.2) is 9.78 Å². The minimum atomic E-state index is -0.237. The van der Waals surface area contributed by atoms with Crippen molar-refractivity contribution in [2.75, 3.05) is 24.8 Å². The highest BCUT2D eigenvalue weighted by Gasteiger charge is 2.27. The number of nitrogens with two attached hydrogens (primary N) is 1. The molecule has 3 N–H and O–H groups in total. The fraction of sp³-hybridized carbons (Fsp3) is 0.278. The third-order valence-electron chi connectivity index (χ3n) is 4.36. The van der Waals surface area contributed by atoms with E-state index < -0.39 is 0 Å². The summed E-state index contributed by atoms with van der Waals surface area (Å²) in [6.45, 7) is 2.28. The molecule has 9 heteroatoms. The van der Waals surface area contributed by atoms with Gasteiger partial charge in [0.1, 0.15) is 0 Å². The Morgan fingerprint density at radius 2 is 2.26 bits per heavy atom. The van der Waals surface area contributed by atoms with Crippen molar-refractivity contribution in [3.63, 3.8) is 0 Å². The smallest absolute Gasteiger partial charge is 0.323 e. The molecular weight excluding hydrogens is 364 g/mol. The van der Waals surface area contributed by atoms with Crippen molar-refractivity contribution in [3.05, 3.63) is 47.1 Å². The van der Waals surface area contributed by atoms with E-state index in [1.165, 1.54) is 0 Å². The van der Waals surface area contributed by atoms with Crippen molar-refractivity contribution in [1.82, 2.24) is 19.7 Å². The first-order chi connectivity index (χ1) is 13.1. The van der Waals surface area contributed by atoms with Crippen molar-refractivity contribution in [2.45, 2.75) is 19.6 Å². The second-order valence-electron chi connectivity index (χ2n) is 6.25. The van der Waals surface area contributed by atoms with E-state index in [0.29, 0.717) is 37.7 Å². The Labute approximate surface area is 160 Å². The van der Waals surface area contributed by atoms with Crippen LogP contribution in [0.5, 0.6) is 0 Å². The van der Waals surface area contributed by atoms with E-state index in [1.807, 2.05) is 34.5 Å². The maximum absolute atomic E-state index is 12.7. The lowest BCUT2D eigenvalue weighted by atomic mass is 10.3. The first kappa shape index (κ1) is 17.5. The van der Waals surface area contributed by atoms with Crippen LogP contribution in [-0.2, 0) is 24.4 Å². The first-order valence-corrected chi connectivity index (χ1v) is 9.42. The molecule has 0 spiro atoms. The van der Waals surface area contributed by atoms with E-state index in [-0.39, 0.29) is 6.03 Å². The van der Waals surface area contributed by atoms with Crippen molar-refractivity contribution in [2.24, 2.45) is 0 Å². The Morgan fingerprint density at radius 1 is 1.37 bits per heavy atom. The van der Waals surface area contributed by atoms with Crippen LogP contribution >= 0.6 is 11.3 Å². The number of fused-ring (bicyclic) bond motifs is 1. The molecule has 8 nitrogen and oxygen atoms in total. The number of aromatic nitrogens is 3. The van der Waals surface area contributed by atoms with Gasteiger partial charge in [0, 0.05) is 18.9 Å². The molecule has 0 aromatic carbocycles. The molecule has 0 bridgehead atoms. The van der Waals surface area contributed by atoms with Crippen molar-refractivity contribution >= 4 is 28.9 Å². The molecule has 3 aromatic rings. The summed E-state index contributed by atoms with van der Waals surface area (Å²) in [6, 6.07) is 7.32. The quantitative estimate of drug-likeness (QED) is 0.705. The van der Waals surface area contributed by atoms with Crippen LogP contribution in [0.2, 0.25) is 0 Å². The highest BCUT2D eigenvalue weighted by atomic mass is 32.1. The number of ether oxygens (including phenoxy) is 1. The molecule has 0 atom stereocenters. The molecule has 1 aliphatic heterocycles. The fourth-order valence-corrected chi connectivity index (χ4v) is 3.66. The lowest BCUT2D eigenvalue weighted by Crippen LogP contribution is -2.31. The number of carbonyl (C=O) groups is 1.